The number of ether oxygens (including phenoxy) is 1. The maximum atomic E-state index is 12.0. The molecule has 6 heteroatoms. The zero-order valence-corrected chi connectivity index (χ0v) is 10.8. The monoisotopic (exact) mass is 269 g/mol. The number of hydrogen-bond donors (Lipinski definition) is 0. The summed E-state index contributed by atoms with van der Waals surface area (Å²) in [4.78, 5) is 14.1. The maximum Gasteiger partial charge on any atom is 0.266 e. The summed E-state index contributed by atoms with van der Waals surface area (Å²) in [6.07, 6.45) is 3.27. The number of carbonyl (C=O) groups excluding carboxylic acids is 1. The second-order valence-corrected chi connectivity index (χ2v) is 5.02. The van der Waals surface area contributed by atoms with Gasteiger partial charge in [0.1, 0.15) is 10.1 Å². The van der Waals surface area contributed by atoms with E-state index in [9.17, 15) is 4.79 Å². The van der Waals surface area contributed by atoms with Gasteiger partial charge in [-0.15, -0.1) is 0 Å². The molecule has 90 valence electrons. The van der Waals surface area contributed by atoms with Crippen LogP contribution >= 0.6 is 24.0 Å². The Balaban J connectivity index is 2.13. The highest BCUT2D eigenvalue weighted by atomic mass is 32.2. The smallest absolute Gasteiger partial charge is 0.266 e. The van der Waals surface area contributed by atoms with Gasteiger partial charge in [-0.3, -0.25) is 9.69 Å². The first kappa shape index (κ1) is 12.3. The second kappa shape index (κ2) is 5.48. The zero-order valence-electron chi connectivity index (χ0n) is 9.21. The molecule has 0 saturated carbocycles. The lowest BCUT2D eigenvalue weighted by molar-refractivity contribution is -0.122. The molecule has 2 rings (SSSR count). The minimum absolute atomic E-state index is 0.0894. The van der Waals surface area contributed by atoms with E-state index in [-0.39, 0.29) is 5.91 Å². The van der Waals surface area contributed by atoms with Crippen molar-refractivity contribution in [2.45, 2.75) is 0 Å². The Kier molecular flexibility index (Phi) is 3.98. The van der Waals surface area contributed by atoms with Crippen LogP contribution in [-0.2, 0) is 9.53 Å². The molecule has 0 atom stereocenters. The van der Waals surface area contributed by atoms with Crippen LogP contribution in [0.2, 0.25) is 0 Å². The molecule has 0 spiro atoms. The van der Waals surface area contributed by atoms with Gasteiger partial charge in [-0.2, -0.15) is 0 Å². The molecule has 0 unspecified atom stereocenters. The normalized spacial score (nSPS) is 18.4. The molecule has 1 aliphatic heterocycles. The van der Waals surface area contributed by atoms with Gasteiger partial charge in [0, 0.05) is 13.2 Å². The third-order valence-electron chi connectivity index (χ3n) is 2.21. The van der Waals surface area contributed by atoms with E-state index in [0.29, 0.717) is 28.1 Å². The van der Waals surface area contributed by atoms with Crippen molar-refractivity contribution in [2.75, 3.05) is 20.3 Å². The number of thiocarbonyl (C=S) groups is 1. The number of nitrogens with zero attached hydrogens (tertiary/aromatic N) is 1. The predicted molar refractivity (Wildman–Crippen MR) is 70.5 cm³/mol. The van der Waals surface area contributed by atoms with Crippen LogP contribution in [0.15, 0.2) is 27.7 Å². The van der Waals surface area contributed by atoms with E-state index >= 15 is 0 Å². The highest BCUT2D eigenvalue weighted by molar-refractivity contribution is 8.26. The van der Waals surface area contributed by atoms with E-state index in [1.54, 1.807) is 31.6 Å². The summed E-state index contributed by atoms with van der Waals surface area (Å²) in [6.45, 7) is 0.955. The number of carbonyl (C=O) groups is 1. The topological polar surface area (TPSA) is 42.7 Å². The lowest BCUT2D eigenvalue weighted by Crippen LogP contribution is -2.31. The molecule has 0 N–H and O–H groups in total. The van der Waals surface area contributed by atoms with Gasteiger partial charge in [-0.05, 0) is 12.1 Å². The van der Waals surface area contributed by atoms with Gasteiger partial charge in [-0.1, -0.05) is 24.0 Å². The summed E-state index contributed by atoms with van der Waals surface area (Å²) in [7, 11) is 1.59. The fourth-order valence-electron chi connectivity index (χ4n) is 1.38. The van der Waals surface area contributed by atoms with Crippen molar-refractivity contribution in [2.24, 2.45) is 0 Å². The first-order chi connectivity index (χ1) is 8.22. The Hall–Kier alpha value is -1.11. The van der Waals surface area contributed by atoms with Crippen molar-refractivity contribution in [3.05, 3.63) is 29.1 Å². The number of thioether (sulfide) groups is 1. The largest absolute Gasteiger partial charge is 0.465 e. The molecule has 4 nitrogen and oxygen atoms in total. The van der Waals surface area contributed by atoms with E-state index in [1.807, 2.05) is 0 Å². The molecule has 2 heterocycles. The van der Waals surface area contributed by atoms with Crippen LogP contribution < -0.4 is 0 Å². The molecule has 17 heavy (non-hydrogen) atoms. The van der Waals surface area contributed by atoms with Crippen molar-refractivity contribution in [3.63, 3.8) is 0 Å². The number of rotatable bonds is 4. The van der Waals surface area contributed by atoms with Gasteiger partial charge in [0.15, 0.2) is 0 Å². The quantitative estimate of drug-likeness (QED) is 0.619. The second-order valence-electron chi connectivity index (χ2n) is 3.34. The number of methoxy groups -OCH3 is 1. The number of amides is 1. The first-order valence-corrected chi connectivity index (χ1v) is 6.22. The molecule has 0 aliphatic carbocycles. The van der Waals surface area contributed by atoms with Crippen molar-refractivity contribution in [1.82, 2.24) is 4.90 Å². The van der Waals surface area contributed by atoms with E-state index in [1.165, 1.54) is 16.7 Å². The average Bonchev–Trinajstić information content (AvgIpc) is 2.89. The first-order valence-electron chi connectivity index (χ1n) is 5.00. The Labute approximate surface area is 109 Å². The van der Waals surface area contributed by atoms with E-state index in [2.05, 4.69) is 0 Å². The van der Waals surface area contributed by atoms with Crippen molar-refractivity contribution >= 4 is 40.3 Å². The highest BCUT2D eigenvalue weighted by Gasteiger charge is 2.31. The molecule has 0 bridgehead atoms. The number of furan rings is 1. The van der Waals surface area contributed by atoms with Gasteiger partial charge in [-0.25, -0.2) is 0 Å². The summed E-state index contributed by atoms with van der Waals surface area (Å²) >= 11 is 6.43. The van der Waals surface area contributed by atoms with Crippen LogP contribution in [0.1, 0.15) is 5.76 Å². The van der Waals surface area contributed by atoms with E-state index in [4.69, 9.17) is 21.4 Å². The Morgan fingerprint density at radius 1 is 1.65 bits per heavy atom. The Bertz CT molecular complexity index is 453. The van der Waals surface area contributed by atoms with Gasteiger partial charge >= 0.3 is 0 Å². The van der Waals surface area contributed by atoms with Crippen molar-refractivity contribution in [3.8, 4) is 0 Å². The Morgan fingerprint density at radius 2 is 2.47 bits per heavy atom. The Morgan fingerprint density at radius 3 is 3.12 bits per heavy atom. The van der Waals surface area contributed by atoms with Gasteiger partial charge in [0.2, 0.25) is 0 Å². The average molecular weight is 269 g/mol. The molecule has 1 fully saturated rings. The molecule has 1 aromatic heterocycles. The van der Waals surface area contributed by atoms with Gasteiger partial charge in [0.25, 0.3) is 5.91 Å². The fraction of sp³-hybridized carbons (Fsp3) is 0.273. The SMILES string of the molecule is COCCN1C(=O)/C(=C\c2ccco2)SC1=S. The number of hydrogen-bond acceptors (Lipinski definition) is 5. The molecule has 0 aromatic carbocycles. The summed E-state index contributed by atoms with van der Waals surface area (Å²) in [6, 6.07) is 3.57. The molecule has 1 saturated heterocycles. The van der Waals surface area contributed by atoms with Crippen LogP contribution in [0.3, 0.4) is 0 Å². The third kappa shape index (κ3) is 2.77. The molecule has 0 radical (unpaired) electrons. The minimum atomic E-state index is -0.0894. The molecular formula is C11H11NO3S2. The van der Waals surface area contributed by atoms with Crippen molar-refractivity contribution in [1.29, 1.82) is 0 Å². The molecule has 1 aromatic rings. The third-order valence-corrected chi connectivity index (χ3v) is 3.59. The molecule has 1 amide bonds. The highest BCUT2D eigenvalue weighted by Crippen LogP contribution is 2.32. The van der Waals surface area contributed by atoms with Crippen LogP contribution in [-0.4, -0.2) is 35.4 Å². The predicted octanol–water partition coefficient (Wildman–Crippen LogP) is 2.13. The standard InChI is InChI=1S/C11H11NO3S2/c1-14-6-4-12-10(13)9(17-11(12)16)7-8-3-2-5-15-8/h2-3,5,7H,4,6H2,1H3/b9-7+. The van der Waals surface area contributed by atoms with Crippen molar-refractivity contribution < 1.29 is 13.9 Å². The zero-order chi connectivity index (χ0) is 12.3. The molecule has 1 aliphatic rings. The maximum absolute atomic E-state index is 12.0. The van der Waals surface area contributed by atoms with Crippen LogP contribution in [0.4, 0.5) is 0 Å². The summed E-state index contributed by atoms with van der Waals surface area (Å²) in [5.41, 5.74) is 0. The van der Waals surface area contributed by atoms with Crippen LogP contribution in [0, 0.1) is 0 Å². The lowest BCUT2D eigenvalue weighted by atomic mass is 10.3. The van der Waals surface area contributed by atoms with Gasteiger partial charge in [0.05, 0.1) is 24.3 Å². The van der Waals surface area contributed by atoms with Gasteiger partial charge < -0.3 is 9.15 Å². The van der Waals surface area contributed by atoms with E-state index < -0.39 is 0 Å². The molecular weight excluding hydrogens is 258 g/mol. The fourth-order valence-corrected chi connectivity index (χ4v) is 2.67. The minimum Gasteiger partial charge on any atom is -0.465 e. The van der Waals surface area contributed by atoms with E-state index in [0.717, 1.165) is 0 Å². The summed E-state index contributed by atoms with van der Waals surface area (Å²) < 4.78 is 10.7. The van der Waals surface area contributed by atoms with Crippen LogP contribution in [0.25, 0.3) is 6.08 Å². The van der Waals surface area contributed by atoms with Crippen LogP contribution in [0.5, 0.6) is 0 Å². The summed E-state index contributed by atoms with van der Waals surface area (Å²) in [5, 5.41) is 0. The lowest BCUT2D eigenvalue weighted by Gasteiger charge is -2.12. The summed E-state index contributed by atoms with van der Waals surface area (Å²) in [5.74, 6) is 0.561.